The van der Waals surface area contributed by atoms with Crippen molar-refractivity contribution in [2.45, 2.75) is 19.9 Å². The van der Waals surface area contributed by atoms with Gasteiger partial charge in [0.05, 0.1) is 17.9 Å². The van der Waals surface area contributed by atoms with Gasteiger partial charge in [-0.15, -0.1) is 5.10 Å². The Kier molecular flexibility index (Phi) is 5.99. The molecule has 1 N–H and O–H groups in total. The molecule has 2 heterocycles. The second-order valence-electron chi connectivity index (χ2n) is 7.93. The van der Waals surface area contributed by atoms with E-state index in [0.29, 0.717) is 12.4 Å². The standard InChI is InChI=1S/C27H24N6O/c1-2-3-9-23-19-33(22-10-5-4-6-11-22)27(34)32(23)18-20-14-16-21(17-15-20)24-12-7-8-13-25(24)26-28-30-31-29-26/h3-17,19H,2,18H2,1H3,(H,28,29,30,31). The van der Waals surface area contributed by atoms with Crippen LogP contribution in [0.1, 0.15) is 24.6 Å². The first kappa shape index (κ1) is 21.3. The number of tetrazole rings is 1. The Bertz CT molecular complexity index is 1460. The number of allylic oxidation sites excluding steroid dienone is 1. The summed E-state index contributed by atoms with van der Waals surface area (Å²) in [5.74, 6) is 0.626. The molecule has 7 nitrogen and oxygen atoms in total. The van der Waals surface area contributed by atoms with Gasteiger partial charge in [0.25, 0.3) is 0 Å². The summed E-state index contributed by atoms with van der Waals surface area (Å²) in [6, 6.07) is 25.9. The molecule has 0 aliphatic heterocycles. The molecule has 0 saturated heterocycles. The number of aromatic amines is 1. The zero-order chi connectivity index (χ0) is 23.3. The molecular formula is C27H24N6O. The number of rotatable bonds is 7. The van der Waals surface area contributed by atoms with Crippen molar-refractivity contribution in [2.75, 3.05) is 0 Å². The number of hydrogen-bond acceptors (Lipinski definition) is 4. The second-order valence-corrected chi connectivity index (χ2v) is 7.93. The van der Waals surface area contributed by atoms with Crippen molar-refractivity contribution in [3.63, 3.8) is 0 Å². The largest absolute Gasteiger partial charge is 0.333 e. The first-order chi connectivity index (χ1) is 16.7. The third-order valence-electron chi connectivity index (χ3n) is 5.70. The summed E-state index contributed by atoms with van der Waals surface area (Å²) in [6.45, 7) is 2.56. The summed E-state index contributed by atoms with van der Waals surface area (Å²) < 4.78 is 3.51. The maximum absolute atomic E-state index is 13.3. The van der Waals surface area contributed by atoms with Gasteiger partial charge in [-0.05, 0) is 51.7 Å². The van der Waals surface area contributed by atoms with Crippen molar-refractivity contribution in [1.82, 2.24) is 29.8 Å². The zero-order valence-corrected chi connectivity index (χ0v) is 18.8. The van der Waals surface area contributed by atoms with Crippen LogP contribution in [0, 0.1) is 0 Å². The van der Waals surface area contributed by atoms with Crippen LogP contribution in [-0.4, -0.2) is 29.8 Å². The van der Waals surface area contributed by atoms with Gasteiger partial charge in [0.1, 0.15) is 0 Å². The van der Waals surface area contributed by atoms with E-state index < -0.39 is 0 Å². The highest BCUT2D eigenvalue weighted by molar-refractivity contribution is 5.80. The molecule has 2 aromatic heterocycles. The Hall–Kier alpha value is -4.52. The maximum Gasteiger partial charge on any atom is 0.333 e. The molecule has 3 aromatic carbocycles. The van der Waals surface area contributed by atoms with Crippen molar-refractivity contribution in [3.8, 4) is 28.2 Å². The van der Waals surface area contributed by atoms with Gasteiger partial charge in [-0.2, -0.15) is 0 Å². The van der Waals surface area contributed by atoms with E-state index in [0.717, 1.165) is 40.1 Å². The number of para-hydroxylation sites is 1. The Balaban J connectivity index is 1.48. The van der Waals surface area contributed by atoms with Crippen LogP contribution in [0.25, 0.3) is 34.3 Å². The first-order valence-electron chi connectivity index (χ1n) is 11.2. The molecule has 5 aromatic rings. The predicted octanol–water partition coefficient (Wildman–Crippen LogP) is 4.96. The van der Waals surface area contributed by atoms with E-state index in [2.05, 4.69) is 57.9 Å². The summed E-state index contributed by atoms with van der Waals surface area (Å²) >= 11 is 0. The lowest BCUT2D eigenvalue weighted by atomic mass is 9.98. The Morgan fingerprint density at radius 3 is 2.35 bits per heavy atom. The van der Waals surface area contributed by atoms with Crippen molar-refractivity contribution < 1.29 is 0 Å². The number of benzene rings is 3. The summed E-state index contributed by atoms with van der Waals surface area (Å²) in [4.78, 5) is 13.3. The van der Waals surface area contributed by atoms with E-state index in [-0.39, 0.29) is 5.69 Å². The van der Waals surface area contributed by atoms with Gasteiger partial charge < -0.3 is 0 Å². The van der Waals surface area contributed by atoms with E-state index in [1.54, 1.807) is 4.57 Å². The number of hydrogen-bond donors (Lipinski definition) is 1. The number of aromatic nitrogens is 6. The summed E-state index contributed by atoms with van der Waals surface area (Å²) in [7, 11) is 0. The van der Waals surface area contributed by atoms with E-state index in [9.17, 15) is 4.79 Å². The summed E-state index contributed by atoms with van der Waals surface area (Å²) in [5, 5.41) is 14.3. The molecule has 0 aliphatic carbocycles. The quantitative estimate of drug-likeness (QED) is 0.382. The van der Waals surface area contributed by atoms with Gasteiger partial charge in [-0.1, -0.05) is 79.7 Å². The molecule has 0 fully saturated rings. The molecule has 0 unspecified atom stereocenters. The average Bonchev–Trinajstić information content (AvgIpc) is 3.53. The summed E-state index contributed by atoms with van der Waals surface area (Å²) in [5.41, 5.74) is 5.73. The van der Waals surface area contributed by atoms with Gasteiger partial charge in [0.2, 0.25) is 0 Å². The fourth-order valence-electron chi connectivity index (χ4n) is 3.99. The molecule has 0 spiro atoms. The minimum absolute atomic E-state index is 0.0609. The third kappa shape index (κ3) is 4.23. The highest BCUT2D eigenvalue weighted by Gasteiger charge is 2.13. The Morgan fingerprint density at radius 1 is 0.912 bits per heavy atom. The Labute approximate surface area is 197 Å². The lowest BCUT2D eigenvalue weighted by molar-refractivity contribution is 0.737. The molecule has 5 rings (SSSR count). The number of H-pyrrole nitrogens is 1. The van der Waals surface area contributed by atoms with Crippen molar-refractivity contribution in [1.29, 1.82) is 0 Å². The van der Waals surface area contributed by atoms with Gasteiger partial charge in [-0.25, -0.2) is 9.89 Å². The van der Waals surface area contributed by atoms with Gasteiger partial charge in [0.15, 0.2) is 5.82 Å². The lowest BCUT2D eigenvalue weighted by Crippen LogP contribution is -2.24. The molecule has 0 radical (unpaired) electrons. The van der Waals surface area contributed by atoms with Crippen molar-refractivity contribution in [2.24, 2.45) is 0 Å². The normalized spacial score (nSPS) is 11.3. The van der Waals surface area contributed by atoms with Crippen LogP contribution in [0.15, 0.2) is 95.9 Å². The van der Waals surface area contributed by atoms with E-state index in [1.807, 2.05) is 71.4 Å². The van der Waals surface area contributed by atoms with Gasteiger partial charge in [0, 0.05) is 11.8 Å². The van der Waals surface area contributed by atoms with E-state index >= 15 is 0 Å². The number of nitrogens with one attached hydrogen (secondary N) is 1. The molecule has 0 aliphatic rings. The zero-order valence-electron chi connectivity index (χ0n) is 18.8. The molecule has 0 saturated carbocycles. The van der Waals surface area contributed by atoms with Crippen LogP contribution in [0.2, 0.25) is 0 Å². The van der Waals surface area contributed by atoms with Crippen LogP contribution >= 0.6 is 0 Å². The third-order valence-corrected chi connectivity index (χ3v) is 5.70. The number of imidazole rings is 1. The van der Waals surface area contributed by atoms with E-state index in [4.69, 9.17) is 0 Å². The van der Waals surface area contributed by atoms with Crippen LogP contribution < -0.4 is 5.69 Å². The smallest absolute Gasteiger partial charge is 0.288 e. The minimum Gasteiger partial charge on any atom is -0.288 e. The molecule has 0 amide bonds. The minimum atomic E-state index is -0.0609. The van der Waals surface area contributed by atoms with Crippen LogP contribution in [0.3, 0.4) is 0 Å². The van der Waals surface area contributed by atoms with Crippen molar-refractivity contribution in [3.05, 3.63) is 113 Å². The number of nitrogens with zero attached hydrogens (tertiary/aromatic N) is 5. The molecule has 168 valence electrons. The molecule has 34 heavy (non-hydrogen) atoms. The fourth-order valence-corrected chi connectivity index (χ4v) is 3.99. The van der Waals surface area contributed by atoms with Crippen LogP contribution in [0.4, 0.5) is 0 Å². The van der Waals surface area contributed by atoms with E-state index in [1.165, 1.54) is 0 Å². The highest BCUT2D eigenvalue weighted by Crippen LogP contribution is 2.29. The fraction of sp³-hybridized carbons (Fsp3) is 0.111. The van der Waals surface area contributed by atoms with Gasteiger partial charge in [-0.3, -0.25) is 9.13 Å². The molecule has 7 heteroatoms. The predicted molar refractivity (Wildman–Crippen MR) is 134 cm³/mol. The second kappa shape index (κ2) is 9.54. The molecular weight excluding hydrogens is 424 g/mol. The maximum atomic E-state index is 13.3. The molecule has 0 atom stereocenters. The monoisotopic (exact) mass is 448 g/mol. The Morgan fingerprint density at radius 2 is 1.65 bits per heavy atom. The summed E-state index contributed by atoms with van der Waals surface area (Å²) in [6.07, 6.45) is 6.88. The first-order valence-corrected chi connectivity index (χ1v) is 11.2. The average molecular weight is 449 g/mol. The SMILES string of the molecule is CCC=Cc1cn(-c2ccccc2)c(=O)n1Cc1ccc(-c2ccccc2-c2nnn[nH]2)cc1. The van der Waals surface area contributed by atoms with Gasteiger partial charge >= 0.3 is 5.69 Å². The van der Waals surface area contributed by atoms with Crippen LogP contribution in [-0.2, 0) is 6.54 Å². The molecule has 0 bridgehead atoms. The topological polar surface area (TPSA) is 81.4 Å². The lowest BCUT2D eigenvalue weighted by Gasteiger charge is -2.09. The van der Waals surface area contributed by atoms with Crippen molar-refractivity contribution >= 4 is 6.08 Å². The highest BCUT2D eigenvalue weighted by atomic mass is 16.1. The van der Waals surface area contributed by atoms with Crippen LogP contribution in [0.5, 0.6) is 0 Å².